The average molecular weight is 633 g/mol. The van der Waals surface area contributed by atoms with E-state index in [0.29, 0.717) is 66.4 Å². The van der Waals surface area contributed by atoms with Crippen LogP contribution in [-0.2, 0) is 14.3 Å². The topological polar surface area (TPSA) is 130 Å². The van der Waals surface area contributed by atoms with Crippen molar-refractivity contribution in [2.24, 2.45) is 17.1 Å². The Bertz CT molecular complexity index is 1610. The van der Waals surface area contributed by atoms with Crippen LogP contribution in [0.25, 0.3) is 33.4 Å². The van der Waals surface area contributed by atoms with Gasteiger partial charge in [-0.1, -0.05) is 52.8 Å². The smallest absolute Gasteiger partial charge is 0.338 e. The van der Waals surface area contributed by atoms with Crippen LogP contribution in [0.1, 0.15) is 64.2 Å². The Labute approximate surface area is 271 Å². The number of fused-ring (bicyclic) bond motifs is 2. The van der Waals surface area contributed by atoms with Gasteiger partial charge in [0, 0.05) is 54.1 Å². The minimum atomic E-state index is -0.405. The third-order valence-electron chi connectivity index (χ3n) is 7.12. The first-order valence-corrected chi connectivity index (χ1v) is 15.9. The Hall–Kier alpha value is -4.21. The molecule has 0 radical (unpaired) electrons. The lowest BCUT2D eigenvalue weighted by Crippen LogP contribution is -2.28. The van der Waals surface area contributed by atoms with E-state index < -0.39 is 5.97 Å². The second-order valence-electron chi connectivity index (χ2n) is 12.4. The predicted octanol–water partition coefficient (Wildman–Crippen LogP) is 6.68. The normalized spacial score (nSPS) is 11.3. The van der Waals surface area contributed by atoms with Gasteiger partial charge >= 0.3 is 5.97 Å². The van der Waals surface area contributed by atoms with Crippen molar-refractivity contribution in [1.29, 1.82) is 0 Å². The van der Waals surface area contributed by atoms with Crippen molar-refractivity contribution in [3.8, 4) is 28.2 Å². The number of nitrogens with one attached hydrogen (secondary N) is 1. The number of carbonyl (C=O) groups excluding carboxylic acids is 2. The predicted molar refractivity (Wildman–Crippen MR) is 182 cm³/mol. The summed E-state index contributed by atoms with van der Waals surface area (Å²) >= 11 is 0. The van der Waals surface area contributed by atoms with Gasteiger partial charge in [0.1, 0.15) is 17.1 Å². The Morgan fingerprint density at radius 3 is 2.46 bits per heavy atom. The van der Waals surface area contributed by atoms with E-state index in [1.54, 1.807) is 31.3 Å². The number of carbonyl (C=O) groups is 2. The number of nitrogens with two attached hydrogens (primary N) is 1. The molecular weight excluding hydrogens is 584 g/mol. The van der Waals surface area contributed by atoms with Crippen molar-refractivity contribution < 1.29 is 28.2 Å². The van der Waals surface area contributed by atoms with Crippen molar-refractivity contribution in [3.05, 3.63) is 76.5 Å². The monoisotopic (exact) mass is 632 g/mol. The fraction of sp³-hybridized carbons (Fsp3) is 0.432. The van der Waals surface area contributed by atoms with Crippen LogP contribution < -0.4 is 21.2 Å². The van der Waals surface area contributed by atoms with Crippen LogP contribution in [0.5, 0.6) is 5.75 Å². The lowest BCUT2D eigenvalue weighted by atomic mass is 9.91. The molecule has 248 valence electrons. The molecule has 9 nitrogen and oxygen atoms in total. The maximum absolute atomic E-state index is 13.0. The van der Waals surface area contributed by atoms with Gasteiger partial charge in [-0.05, 0) is 61.2 Å². The zero-order chi connectivity index (χ0) is 33.7. The zero-order valence-corrected chi connectivity index (χ0v) is 27.9. The Morgan fingerprint density at radius 1 is 1.00 bits per heavy atom. The standard InChI is InChI=1S/C29H29NO6.C8H19NO/c1-18(2)17-35-29(33)22-8-5-4-7-21(22)28-23-12-10-19(31)15-25(23)36-26-16-20(11-13-24(26)28)34-14-6-9-27(32)30-3;1-4-5-10-7-8(2,3)6-9/h4-5,7-8,10-13,15-16,18H,6,9,14,17H2,1-3H3,(H,30,32);4-7,9H2,1-3H3. The summed E-state index contributed by atoms with van der Waals surface area (Å²) in [4.78, 5) is 36.5. The quantitative estimate of drug-likeness (QED) is 0.0895. The number of benzene rings is 3. The maximum Gasteiger partial charge on any atom is 0.338 e. The lowest BCUT2D eigenvalue weighted by Gasteiger charge is -2.21. The molecule has 3 N–H and O–H groups in total. The fourth-order valence-corrected chi connectivity index (χ4v) is 4.53. The highest BCUT2D eigenvalue weighted by atomic mass is 16.5. The van der Waals surface area contributed by atoms with Gasteiger partial charge in [0.05, 0.1) is 25.4 Å². The molecule has 46 heavy (non-hydrogen) atoms. The Kier molecular flexibility index (Phi) is 13.8. The highest BCUT2D eigenvalue weighted by molar-refractivity contribution is 6.07. The second-order valence-corrected chi connectivity index (χ2v) is 12.4. The van der Waals surface area contributed by atoms with Crippen LogP contribution in [0.4, 0.5) is 0 Å². The Morgan fingerprint density at radius 2 is 1.76 bits per heavy atom. The van der Waals surface area contributed by atoms with E-state index in [9.17, 15) is 14.4 Å². The summed E-state index contributed by atoms with van der Waals surface area (Å²) in [7, 11) is 1.60. The first-order valence-electron chi connectivity index (χ1n) is 15.9. The molecule has 0 bridgehead atoms. The SMILES string of the molecule is CCCOCC(C)(C)CN.CNC(=O)CCCOc1ccc2c(-c3ccccc3C(=O)OCC(C)C)c3ccc(=O)cc-3oc2c1. The summed E-state index contributed by atoms with van der Waals surface area (Å²) < 4.78 is 22.8. The van der Waals surface area contributed by atoms with Gasteiger partial charge in [0.2, 0.25) is 5.91 Å². The molecule has 0 aromatic heterocycles. The number of amides is 1. The van der Waals surface area contributed by atoms with Gasteiger partial charge in [-0.3, -0.25) is 9.59 Å². The molecule has 0 spiro atoms. The van der Waals surface area contributed by atoms with E-state index in [4.69, 9.17) is 24.4 Å². The van der Waals surface area contributed by atoms with Crippen LogP contribution in [0.3, 0.4) is 0 Å². The third-order valence-corrected chi connectivity index (χ3v) is 7.12. The van der Waals surface area contributed by atoms with Crippen LogP contribution in [-0.4, -0.2) is 51.9 Å². The molecule has 2 aliphatic rings. The van der Waals surface area contributed by atoms with Crippen molar-refractivity contribution >= 4 is 22.8 Å². The van der Waals surface area contributed by atoms with E-state index in [1.165, 1.54) is 12.1 Å². The molecule has 0 unspecified atom stereocenters. The van der Waals surface area contributed by atoms with Crippen LogP contribution in [0.15, 0.2) is 69.9 Å². The Balaban J connectivity index is 0.000000498. The molecule has 1 amide bonds. The highest BCUT2D eigenvalue weighted by Gasteiger charge is 2.23. The lowest BCUT2D eigenvalue weighted by molar-refractivity contribution is -0.120. The van der Waals surface area contributed by atoms with Crippen LogP contribution in [0.2, 0.25) is 0 Å². The van der Waals surface area contributed by atoms with E-state index in [2.05, 4.69) is 26.1 Å². The number of rotatable bonds is 14. The van der Waals surface area contributed by atoms with E-state index in [-0.39, 0.29) is 22.7 Å². The van der Waals surface area contributed by atoms with Crippen LogP contribution >= 0.6 is 0 Å². The third kappa shape index (κ3) is 10.4. The number of hydrogen-bond donors (Lipinski definition) is 2. The number of esters is 1. The van der Waals surface area contributed by atoms with E-state index in [0.717, 1.165) is 30.6 Å². The first kappa shape index (κ1) is 36.3. The van der Waals surface area contributed by atoms with Crippen LogP contribution in [0, 0.1) is 11.3 Å². The minimum Gasteiger partial charge on any atom is -0.493 e. The second kappa shape index (κ2) is 17.5. The molecule has 4 rings (SSSR count). The number of ether oxygens (including phenoxy) is 3. The van der Waals surface area contributed by atoms with Gasteiger partial charge in [0.15, 0.2) is 5.43 Å². The summed E-state index contributed by atoms with van der Waals surface area (Å²) in [6.45, 7) is 13.3. The van der Waals surface area contributed by atoms with Crippen molar-refractivity contribution in [2.45, 2.75) is 53.9 Å². The molecule has 0 saturated carbocycles. The molecule has 9 heteroatoms. The summed E-state index contributed by atoms with van der Waals surface area (Å²) in [5, 5.41) is 3.36. The van der Waals surface area contributed by atoms with Gasteiger partial charge in [-0.15, -0.1) is 0 Å². The molecular formula is C37H48N2O7. The fourth-order valence-electron chi connectivity index (χ4n) is 4.53. The van der Waals surface area contributed by atoms with Crippen molar-refractivity contribution in [2.75, 3.05) is 40.0 Å². The first-order chi connectivity index (χ1) is 22.0. The van der Waals surface area contributed by atoms with Gasteiger partial charge in [0.25, 0.3) is 0 Å². The summed E-state index contributed by atoms with van der Waals surface area (Å²) in [6.07, 6.45) is 2.03. The van der Waals surface area contributed by atoms with Gasteiger partial charge in [-0.25, -0.2) is 4.79 Å². The highest BCUT2D eigenvalue weighted by Crippen LogP contribution is 2.42. The molecule has 0 atom stereocenters. The summed E-state index contributed by atoms with van der Waals surface area (Å²) in [5.41, 5.74) is 8.60. The molecule has 1 aliphatic heterocycles. The van der Waals surface area contributed by atoms with Gasteiger partial charge in [-0.2, -0.15) is 0 Å². The molecule has 1 heterocycles. The zero-order valence-electron chi connectivity index (χ0n) is 27.9. The van der Waals surface area contributed by atoms with E-state index in [1.807, 2.05) is 38.1 Å². The summed E-state index contributed by atoms with van der Waals surface area (Å²) in [6, 6.07) is 17.4. The molecule has 1 aliphatic carbocycles. The number of hydrogen-bond acceptors (Lipinski definition) is 8. The molecule has 0 saturated heterocycles. The minimum absolute atomic E-state index is 0.0396. The van der Waals surface area contributed by atoms with E-state index >= 15 is 0 Å². The maximum atomic E-state index is 13.0. The van der Waals surface area contributed by atoms with Gasteiger partial charge < -0.3 is 29.7 Å². The largest absolute Gasteiger partial charge is 0.493 e. The summed E-state index contributed by atoms with van der Waals surface area (Å²) in [5.74, 6) is 0.757. The van der Waals surface area contributed by atoms with Crippen molar-refractivity contribution in [1.82, 2.24) is 5.32 Å². The average Bonchev–Trinajstić information content (AvgIpc) is 3.04. The molecule has 0 fully saturated rings. The molecule has 2 aromatic carbocycles. The molecule has 2 aromatic rings. The van der Waals surface area contributed by atoms with Crippen molar-refractivity contribution in [3.63, 3.8) is 0 Å².